The lowest BCUT2D eigenvalue weighted by Gasteiger charge is -2.35. The highest BCUT2D eigenvalue weighted by atomic mass is 19.4. The topological polar surface area (TPSA) is 37.3 Å². The van der Waals surface area contributed by atoms with Crippen molar-refractivity contribution in [2.24, 2.45) is 16.7 Å². The van der Waals surface area contributed by atoms with Crippen molar-refractivity contribution in [3.63, 3.8) is 0 Å². The Balaban J connectivity index is 2.96. The number of carbonyl (C=O) groups is 1. The first kappa shape index (κ1) is 20.0. The number of hydrogen-bond acceptors (Lipinski definition) is 2. The zero-order valence-corrected chi connectivity index (χ0v) is 14.8. The van der Waals surface area contributed by atoms with Gasteiger partial charge in [-0.3, -0.25) is 4.79 Å². The van der Waals surface area contributed by atoms with E-state index >= 15 is 0 Å². The van der Waals surface area contributed by atoms with Gasteiger partial charge in [-0.1, -0.05) is 27.7 Å². The molecule has 1 unspecified atom stereocenters. The Morgan fingerprint density at radius 1 is 1.22 bits per heavy atom. The third-order valence-electron chi connectivity index (χ3n) is 5.37. The Bertz CT molecular complexity index is 467. The molecule has 0 amide bonds. The summed E-state index contributed by atoms with van der Waals surface area (Å²) in [5.41, 5.74) is -1.18. The van der Waals surface area contributed by atoms with Gasteiger partial charge in [0, 0.05) is 16.9 Å². The highest BCUT2D eigenvalue weighted by Crippen LogP contribution is 2.43. The number of aliphatic hydroxyl groups excluding tert-OH is 1. The average Bonchev–Trinajstić information content (AvgIpc) is 2.43. The van der Waals surface area contributed by atoms with Crippen LogP contribution in [0.15, 0.2) is 11.3 Å². The minimum absolute atomic E-state index is 0.00708. The van der Waals surface area contributed by atoms with Gasteiger partial charge in [-0.2, -0.15) is 13.2 Å². The smallest absolute Gasteiger partial charge is 0.390 e. The summed E-state index contributed by atoms with van der Waals surface area (Å²) in [7, 11) is 0. The van der Waals surface area contributed by atoms with Crippen LogP contribution in [0, 0.1) is 16.7 Å². The van der Waals surface area contributed by atoms with Crippen LogP contribution in [-0.2, 0) is 4.79 Å². The molecule has 1 fully saturated rings. The van der Waals surface area contributed by atoms with E-state index in [0.717, 1.165) is 25.7 Å². The van der Waals surface area contributed by atoms with Crippen LogP contribution in [0.25, 0.3) is 0 Å². The molecule has 5 heteroatoms. The molecule has 0 aromatic rings. The van der Waals surface area contributed by atoms with Crippen LogP contribution in [0.3, 0.4) is 0 Å². The standard InChI is InChI=1S/C18H29F3O2/c1-6-17(5,11-18(19,20)21)15(23)12(2)14(22)13-7-9-16(3,4)10-8-13/h13,22H,6-11H2,1-5H3/b14-12-. The molecular weight excluding hydrogens is 305 g/mol. The molecule has 0 saturated heterocycles. The zero-order valence-electron chi connectivity index (χ0n) is 14.8. The number of halogens is 3. The maximum absolute atomic E-state index is 12.8. The Kier molecular flexibility index (Phi) is 5.98. The fourth-order valence-electron chi connectivity index (χ4n) is 3.36. The highest BCUT2D eigenvalue weighted by Gasteiger charge is 2.44. The second-order valence-electron chi connectivity index (χ2n) is 7.98. The lowest BCUT2D eigenvalue weighted by molar-refractivity contribution is -0.164. The van der Waals surface area contributed by atoms with Crippen molar-refractivity contribution in [1.82, 2.24) is 0 Å². The van der Waals surface area contributed by atoms with Gasteiger partial charge in [-0.05, 0) is 44.4 Å². The summed E-state index contributed by atoms with van der Waals surface area (Å²) < 4.78 is 38.3. The molecule has 1 aliphatic rings. The molecule has 1 saturated carbocycles. The van der Waals surface area contributed by atoms with Crippen molar-refractivity contribution in [3.8, 4) is 0 Å². The van der Waals surface area contributed by atoms with Crippen LogP contribution >= 0.6 is 0 Å². The van der Waals surface area contributed by atoms with Crippen molar-refractivity contribution in [2.45, 2.75) is 79.3 Å². The van der Waals surface area contributed by atoms with Crippen LogP contribution in [-0.4, -0.2) is 17.1 Å². The van der Waals surface area contributed by atoms with E-state index in [2.05, 4.69) is 13.8 Å². The lowest BCUT2D eigenvalue weighted by atomic mass is 9.71. The van der Waals surface area contributed by atoms with E-state index in [9.17, 15) is 23.1 Å². The summed E-state index contributed by atoms with van der Waals surface area (Å²) in [4.78, 5) is 12.6. The minimum atomic E-state index is -4.40. The number of aliphatic hydroxyl groups is 1. The van der Waals surface area contributed by atoms with Gasteiger partial charge in [0.25, 0.3) is 0 Å². The first-order valence-electron chi connectivity index (χ1n) is 8.32. The van der Waals surface area contributed by atoms with Crippen LogP contribution in [0.4, 0.5) is 13.2 Å². The fraction of sp³-hybridized carbons (Fsp3) is 0.833. The molecule has 0 spiro atoms. The van der Waals surface area contributed by atoms with Crippen molar-refractivity contribution in [2.75, 3.05) is 0 Å². The fourth-order valence-corrected chi connectivity index (χ4v) is 3.36. The van der Waals surface area contributed by atoms with Gasteiger partial charge in [0.1, 0.15) is 5.76 Å². The molecular formula is C18H29F3O2. The second kappa shape index (κ2) is 6.86. The molecule has 1 aliphatic carbocycles. The van der Waals surface area contributed by atoms with Crippen LogP contribution in [0.5, 0.6) is 0 Å². The summed E-state index contributed by atoms with van der Waals surface area (Å²) >= 11 is 0. The summed E-state index contributed by atoms with van der Waals surface area (Å²) in [6.45, 7) is 8.71. The van der Waals surface area contributed by atoms with Gasteiger partial charge < -0.3 is 5.11 Å². The Morgan fingerprint density at radius 3 is 2.09 bits per heavy atom. The minimum Gasteiger partial charge on any atom is -0.512 e. The van der Waals surface area contributed by atoms with Crippen molar-refractivity contribution < 1.29 is 23.1 Å². The molecule has 0 bridgehead atoms. The van der Waals surface area contributed by atoms with Gasteiger partial charge in [-0.15, -0.1) is 0 Å². The largest absolute Gasteiger partial charge is 0.512 e. The van der Waals surface area contributed by atoms with E-state index in [4.69, 9.17) is 0 Å². The number of Topliss-reactive ketones (excluding diaryl/α,β-unsaturated/α-hetero) is 1. The summed E-state index contributed by atoms with van der Waals surface area (Å²) in [6, 6.07) is 0. The molecule has 0 aromatic heterocycles. The molecule has 0 aromatic carbocycles. The summed E-state index contributed by atoms with van der Waals surface area (Å²) in [6.07, 6.45) is -2.04. The molecule has 0 heterocycles. The Morgan fingerprint density at radius 2 is 1.70 bits per heavy atom. The molecule has 2 nitrogen and oxygen atoms in total. The van der Waals surface area contributed by atoms with E-state index in [1.807, 2.05) is 0 Å². The van der Waals surface area contributed by atoms with Crippen molar-refractivity contribution in [3.05, 3.63) is 11.3 Å². The zero-order chi connectivity index (χ0) is 18.1. The molecule has 0 aliphatic heterocycles. The number of rotatable bonds is 5. The Labute approximate surface area is 137 Å². The SMILES string of the molecule is CCC(C)(CC(F)(F)F)C(=O)/C(C)=C(\O)C1CCC(C)(C)CC1. The normalized spacial score (nSPS) is 23.1. The van der Waals surface area contributed by atoms with E-state index in [1.54, 1.807) is 6.92 Å². The van der Waals surface area contributed by atoms with Gasteiger partial charge in [0.2, 0.25) is 0 Å². The molecule has 0 radical (unpaired) electrons. The molecule has 23 heavy (non-hydrogen) atoms. The van der Waals surface area contributed by atoms with Gasteiger partial charge in [-0.25, -0.2) is 0 Å². The van der Waals surface area contributed by atoms with Gasteiger partial charge in [0.05, 0.1) is 6.42 Å². The number of ketones is 1. The monoisotopic (exact) mass is 334 g/mol. The molecule has 1 atom stereocenters. The number of alkyl halides is 3. The maximum Gasteiger partial charge on any atom is 0.390 e. The van der Waals surface area contributed by atoms with Gasteiger partial charge >= 0.3 is 6.18 Å². The van der Waals surface area contributed by atoms with E-state index in [0.29, 0.717) is 0 Å². The first-order valence-corrected chi connectivity index (χ1v) is 8.32. The third-order valence-corrected chi connectivity index (χ3v) is 5.37. The third kappa shape index (κ3) is 5.25. The van der Waals surface area contributed by atoms with E-state index in [1.165, 1.54) is 13.8 Å². The average molecular weight is 334 g/mol. The molecule has 1 N–H and O–H groups in total. The lowest BCUT2D eigenvalue weighted by Crippen LogP contribution is -2.34. The van der Waals surface area contributed by atoms with E-state index < -0.39 is 23.8 Å². The van der Waals surface area contributed by atoms with Crippen LogP contribution < -0.4 is 0 Å². The Hall–Kier alpha value is -1.00. The summed E-state index contributed by atoms with van der Waals surface area (Å²) in [5, 5.41) is 10.4. The van der Waals surface area contributed by atoms with E-state index in [-0.39, 0.29) is 29.1 Å². The predicted molar refractivity (Wildman–Crippen MR) is 85.1 cm³/mol. The van der Waals surface area contributed by atoms with Crippen LogP contribution in [0.2, 0.25) is 0 Å². The quantitative estimate of drug-likeness (QED) is 0.496. The number of allylic oxidation sites excluding steroid dienone is 2. The molecule has 1 rings (SSSR count). The number of hydrogen-bond donors (Lipinski definition) is 1. The second-order valence-corrected chi connectivity index (χ2v) is 7.98. The number of carbonyl (C=O) groups excluding carboxylic acids is 1. The molecule has 134 valence electrons. The van der Waals surface area contributed by atoms with Gasteiger partial charge in [0.15, 0.2) is 5.78 Å². The predicted octanol–water partition coefficient (Wildman–Crippen LogP) is 5.97. The maximum atomic E-state index is 12.8. The first-order chi connectivity index (χ1) is 10.3. The highest BCUT2D eigenvalue weighted by molar-refractivity contribution is 5.99. The van der Waals surface area contributed by atoms with Crippen LogP contribution in [0.1, 0.15) is 73.1 Å². The van der Waals surface area contributed by atoms with Crippen molar-refractivity contribution >= 4 is 5.78 Å². The summed E-state index contributed by atoms with van der Waals surface area (Å²) in [5.74, 6) is -0.703. The van der Waals surface area contributed by atoms with Crippen molar-refractivity contribution in [1.29, 1.82) is 0 Å².